The van der Waals surface area contributed by atoms with Crippen molar-refractivity contribution in [1.29, 1.82) is 0 Å². The highest BCUT2D eigenvalue weighted by Gasteiger charge is 2.46. The Morgan fingerprint density at radius 3 is 1.18 bits per heavy atom. The summed E-state index contributed by atoms with van der Waals surface area (Å²) in [4.78, 5) is 26.0. The highest BCUT2D eigenvalue weighted by Crippen LogP contribution is 2.27. The van der Waals surface area contributed by atoms with E-state index in [0.29, 0.717) is 25.0 Å². The van der Waals surface area contributed by atoms with Gasteiger partial charge in [0.15, 0.2) is 0 Å². The number of hydrogen-bond donors (Lipinski definition) is 0. The molecular weight excluding hydrogens is 552 g/mol. The van der Waals surface area contributed by atoms with Crippen LogP contribution in [0.4, 0.5) is 0 Å². The maximum absolute atomic E-state index is 13.3. The summed E-state index contributed by atoms with van der Waals surface area (Å²) in [7, 11) is 0. The van der Waals surface area contributed by atoms with E-state index in [0.717, 1.165) is 37.5 Å². The normalized spacial score (nSPS) is 17.2. The van der Waals surface area contributed by atoms with Gasteiger partial charge in [0.05, 0.1) is 26.4 Å². The van der Waals surface area contributed by atoms with Gasteiger partial charge in [0.2, 0.25) is 0 Å². The molecule has 0 aromatic rings. The van der Waals surface area contributed by atoms with Crippen LogP contribution in [-0.4, -0.2) is 44.2 Å². The van der Waals surface area contributed by atoms with E-state index in [9.17, 15) is 9.59 Å². The molecule has 44 heavy (non-hydrogen) atoms. The number of rotatable bonds is 29. The summed E-state index contributed by atoms with van der Waals surface area (Å²) in [6.07, 6.45) is 16.6. The average Bonchev–Trinajstić information content (AvgIpc) is 2.98. The van der Waals surface area contributed by atoms with E-state index in [1.807, 2.05) is 0 Å². The lowest BCUT2D eigenvalue weighted by atomic mass is 9.92. The Kier molecular flexibility index (Phi) is 25.3. The molecule has 0 fully saturated rings. The summed E-state index contributed by atoms with van der Waals surface area (Å²) in [5.41, 5.74) is 0. The van der Waals surface area contributed by atoms with Crippen molar-refractivity contribution in [2.75, 3.05) is 26.4 Å². The monoisotopic (exact) mass is 627 g/mol. The predicted octanol–water partition coefficient (Wildman–Crippen LogP) is 10.5. The first-order valence-electron chi connectivity index (χ1n) is 18.5. The van der Waals surface area contributed by atoms with Crippen LogP contribution in [0.3, 0.4) is 0 Å². The van der Waals surface area contributed by atoms with Gasteiger partial charge in [-0.2, -0.15) is 0 Å². The van der Waals surface area contributed by atoms with E-state index < -0.39 is 17.7 Å². The third-order valence-corrected chi connectivity index (χ3v) is 9.44. The standard InChI is InChI=1S/C38H74O6/c1-11-30(5)19-15-21-32(7)23-17-25-34(9)28-43-38(37(40)42-14-4,27-36(39)41-13-3)44-29-35(10)26-18-24-33(8)22-16-20-31(6)12-2/h30-35H,11-29H2,1-10H3. The molecule has 0 aliphatic heterocycles. The first kappa shape index (κ1) is 42.9. The fraction of sp³-hybridized carbons (Fsp3) is 0.947. The molecule has 0 radical (unpaired) electrons. The van der Waals surface area contributed by atoms with Crippen molar-refractivity contribution in [1.82, 2.24) is 0 Å². The van der Waals surface area contributed by atoms with Crippen molar-refractivity contribution in [3.8, 4) is 0 Å². The van der Waals surface area contributed by atoms with Gasteiger partial charge < -0.3 is 18.9 Å². The van der Waals surface area contributed by atoms with E-state index in [1.165, 1.54) is 64.2 Å². The summed E-state index contributed by atoms with van der Waals surface area (Å²) in [5.74, 6) is 0.572. The smallest absolute Gasteiger partial charge is 0.367 e. The molecule has 0 spiro atoms. The number of carbonyl (C=O) groups excluding carboxylic acids is 2. The van der Waals surface area contributed by atoms with Gasteiger partial charge in [0.1, 0.15) is 6.42 Å². The topological polar surface area (TPSA) is 71.1 Å². The predicted molar refractivity (Wildman–Crippen MR) is 183 cm³/mol. The van der Waals surface area contributed by atoms with Crippen LogP contribution >= 0.6 is 0 Å². The van der Waals surface area contributed by atoms with Gasteiger partial charge in [-0.25, -0.2) is 4.79 Å². The van der Waals surface area contributed by atoms with Gasteiger partial charge in [0.25, 0.3) is 5.79 Å². The quantitative estimate of drug-likeness (QED) is 0.0608. The second-order valence-corrected chi connectivity index (χ2v) is 14.2. The lowest BCUT2D eigenvalue weighted by Gasteiger charge is -2.32. The second kappa shape index (κ2) is 26.0. The summed E-state index contributed by atoms with van der Waals surface area (Å²) >= 11 is 0. The minimum absolute atomic E-state index is 0.186. The molecule has 6 atom stereocenters. The van der Waals surface area contributed by atoms with Crippen molar-refractivity contribution in [2.45, 2.75) is 171 Å². The van der Waals surface area contributed by atoms with Gasteiger partial charge in [-0.3, -0.25) is 4.79 Å². The Morgan fingerprint density at radius 2 is 0.841 bits per heavy atom. The van der Waals surface area contributed by atoms with Gasteiger partial charge in [0, 0.05) is 0 Å². The Hall–Kier alpha value is -1.14. The van der Waals surface area contributed by atoms with Crippen molar-refractivity contribution in [3.63, 3.8) is 0 Å². The Bertz CT molecular complexity index is 671. The van der Waals surface area contributed by atoms with Gasteiger partial charge >= 0.3 is 11.9 Å². The molecule has 0 aliphatic rings. The van der Waals surface area contributed by atoms with Crippen molar-refractivity contribution >= 4 is 11.9 Å². The molecule has 0 aliphatic carbocycles. The number of ether oxygens (including phenoxy) is 4. The van der Waals surface area contributed by atoms with E-state index >= 15 is 0 Å². The minimum Gasteiger partial charge on any atom is -0.466 e. The first-order chi connectivity index (χ1) is 20.9. The fourth-order valence-electron chi connectivity index (χ4n) is 5.65. The summed E-state index contributed by atoms with van der Waals surface area (Å²) in [6.45, 7) is 22.8. The number of hydrogen-bond acceptors (Lipinski definition) is 6. The van der Waals surface area contributed by atoms with Crippen LogP contribution in [0.15, 0.2) is 0 Å². The van der Waals surface area contributed by atoms with Crippen LogP contribution in [0.25, 0.3) is 0 Å². The molecule has 0 N–H and O–H groups in total. The average molecular weight is 627 g/mol. The molecule has 0 saturated carbocycles. The van der Waals surface area contributed by atoms with E-state index in [1.54, 1.807) is 13.8 Å². The molecule has 0 bridgehead atoms. The number of carbonyl (C=O) groups is 2. The molecule has 0 saturated heterocycles. The Labute approximate surface area is 273 Å². The van der Waals surface area contributed by atoms with Crippen LogP contribution in [0.1, 0.15) is 166 Å². The molecule has 0 aromatic carbocycles. The van der Waals surface area contributed by atoms with Crippen LogP contribution in [0, 0.1) is 35.5 Å². The second-order valence-electron chi connectivity index (χ2n) is 14.2. The molecule has 0 heterocycles. The molecular formula is C38H74O6. The van der Waals surface area contributed by atoms with Crippen molar-refractivity contribution < 1.29 is 28.5 Å². The SMILES string of the molecule is CCOC(=O)CC(OCC(C)CCCC(C)CCCC(C)CC)(OCC(C)CCCC(C)CCCC(C)CC)C(=O)OCC. The highest BCUT2D eigenvalue weighted by atomic mass is 16.7. The molecule has 262 valence electrons. The van der Waals surface area contributed by atoms with E-state index in [-0.39, 0.29) is 31.5 Å². The third-order valence-electron chi connectivity index (χ3n) is 9.44. The van der Waals surface area contributed by atoms with Crippen LogP contribution in [0.5, 0.6) is 0 Å². The first-order valence-corrected chi connectivity index (χ1v) is 18.5. The molecule has 0 rings (SSSR count). The molecule has 0 amide bonds. The fourth-order valence-corrected chi connectivity index (χ4v) is 5.65. The van der Waals surface area contributed by atoms with Gasteiger partial charge in [-0.15, -0.1) is 0 Å². The molecule has 6 heteroatoms. The lowest BCUT2D eigenvalue weighted by Crippen LogP contribution is -2.49. The minimum atomic E-state index is -1.78. The summed E-state index contributed by atoms with van der Waals surface area (Å²) in [5, 5.41) is 0. The van der Waals surface area contributed by atoms with Gasteiger partial charge in [-0.1, -0.05) is 132 Å². The zero-order valence-electron chi connectivity index (χ0n) is 30.8. The van der Waals surface area contributed by atoms with Crippen molar-refractivity contribution in [2.24, 2.45) is 35.5 Å². The Balaban J connectivity index is 5.06. The van der Waals surface area contributed by atoms with Crippen LogP contribution in [0.2, 0.25) is 0 Å². The third kappa shape index (κ3) is 20.8. The number of esters is 2. The maximum Gasteiger partial charge on any atom is 0.367 e. The van der Waals surface area contributed by atoms with Gasteiger partial charge in [-0.05, 0) is 62.2 Å². The highest BCUT2D eigenvalue weighted by molar-refractivity contribution is 5.84. The van der Waals surface area contributed by atoms with E-state index in [4.69, 9.17) is 18.9 Å². The maximum atomic E-state index is 13.3. The molecule has 6 nitrogen and oxygen atoms in total. The van der Waals surface area contributed by atoms with Crippen LogP contribution in [-0.2, 0) is 28.5 Å². The van der Waals surface area contributed by atoms with Crippen LogP contribution < -0.4 is 0 Å². The lowest BCUT2D eigenvalue weighted by molar-refractivity contribution is -0.258. The summed E-state index contributed by atoms with van der Waals surface area (Å²) in [6, 6.07) is 0. The zero-order chi connectivity index (χ0) is 33.4. The van der Waals surface area contributed by atoms with E-state index in [2.05, 4.69) is 55.4 Å². The Morgan fingerprint density at radius 1 is 0.500 bits per heavy atom. The molecule has 0 aromatic heterocycles. The summed E-state index contributed by atoms with van der Waals surface area (Å²) < 4.78 is 23.1. The van der Waals surface area contributed by atoms with Crippen molar-refractivity contribution in [3.05, 3.63) is 0 Å². The molecule has 6 unspecified atom stereocenters. The largest absolute Gasteiger partial charge is 0.466 e. The zero-order valence-corrected chi connectivity index (χ0v) is 30.8.